The van der Waals surface area contributed by atoms with Crippen LogP contribution in [-0.2, 0) is 14.4 Å². The Bertz CT molecular complexity index is 738. The molecule has 0 aliphatic carbocycles. The minimum Gasteiger partial charge on any atom is -0.325 e. The van der Waals surface area contributed by atoms with Crippen LogP contribution in [0.15, 0.2) is 23.2 Å². The van der Waals surface area contributed by atoms with Gasteiger partial charge in [0.1, 0.15) is 5.54 Å². The van der Waals surface area contributed by atoms with Gasteiger partial charge in [0.25, 0.3) is 5.91 Å². The number of nitrogens with one attached hydrogen (secondary N) is 3. The minimum absolute atomic E-state index is 0.183. The molecule has 1 rings (SSSR count). The molecule has 1 aromatic rings. The van der Waals surface area contributed by atoms with Crippen molar-refractivity contribution in [2.45, 2.75) is 60.9 Å². The molecule has 0 saturated carbocycles. The van der Waals surface area contributed by atoms with E-state index in [2.05, 4.69) is 27.7 Å². The summed E-state index contributed by atoms with van der Waals surface area (Å²) in [6.07, 6.45) is 0. The van der Waals surface area contributed by atoms with Crippen LogP contribution in [0.25, 0.3) is 0 Å². The molecule has 7 heteroatoms. The molecule has 28 heavy (non-hydrogen) atoms. The SMILES string of the molecule is C=NC(C)(C)C(=O)Nc1cc(NC(=O)C(C)(C)C)cc(NC(=O)C(C)(C)C)c1. The number of carbonyl (C=O) groups is 3. The summed E-state index contributed by atoms with van der Waals surface area (Å²) in [6, 6.07) is 4.92. The van der Waals surface area contributed by atoms with Crippen LogP contribution in [0, 0.1) is 10.8 Å². The zero-order valence-corrected chi connectivity index (χ0v) is 18.1. The molecule has 0 spiro atoms. The van der Waals surface area contributed by atoms with E-state index < -0.39 is 16.4 Å². The van der Waals surface area contributed by atoms with E-state index in [4.69, 9.17) is 0 Å². The molecule has 0 bridgehead atoms. The fourth-order valence-electron chi connectivity index (χ4n) is 1.84. The lowest BCUT2D eigenvalue weighted by atomic mass is 9.95. The number of hydrogen-bond donors (Lipinski definition) is 3. The fraction of sp³-hybridized carbons (Fsp3) is 0.524. The first-order valence-corrected chi connectivity index (χ1v) is 9.13. The molecule has 3 amide bonds. The lowest BCUT2D eigenvalue weighted by molar-refractivity contribution is -0.123. The second kappa shape index (κ2) is 8.12. The maximum absolute atomic E-state index is 12.4. The van der Waals surface area contributed by atoms with Crippen molar-refractivity contribution in [1.82, 2.24) is 0 Å². The maximum Gasteiger partial charge on any atom is 0.251 e. The first-order valence-electron chi connectivity index (χ1n) is 9.13. The number of nitrogens with zero attached hydrogens (tertiary/aromatic N) is 1. The average Bonchev–Trinajstić information content (AvgIpc) is 2.52. The van der Waals surface area contributed by atoms with Gasteiger partial charge in [-0.25, -0.2) is 0 Å². The molecule has 0 aliphatic heterocycles. The number of hydrogen-bond acceptors (Lipinski definition) is 4. The molecule has 154 valence electrons. The fourth-order valence-corrected chi connectivity index (χ4v) is 1.84. The predicted molar refractivity (Wildman–Crippen MR) is 115 cm³/mol. The third-order valence-electron chi connectivity index (χ3n) is 4.02. The summed E-state index contributed by atoms with van der Waals surface area (Å²) in [5, 5.41) is 8.41. The molecule has 0 heterocycles. The van der Waals surface area contributed by atoms with Crippen LogP contribution in [0.1, 0.15) is 55.4 Å². The van der Waals surface area contributed by atoms with Crippen molar-refractivity contribution in [2.75, 3.05) is 16.0 Å². The molecule has 7 nitrogen and oxygen atoms in total. The van der Waals surface area contributed by atoms with E-state index in [9.17, 15) is 14.4 Å². The van der Waals surface area contributed by atoms with E-state index in [1.807, 2.05) is 0 Å². The molecule has 0 fully saturated rings. The Kier molecular flexibility index (Phi) is 6.77. The van der Waals surface area contributed by atoms with Gasteiger partial charge >= 0.3 is 0 Å². The molecular formula is C21H32N4O3. The maximum atomic E-state index is 12.4. The van der Waals surface area contributed by atoms with Crippen LogP contribution in [0.2, 0.25) is 0 Å². The monoisotopic (exact) mass is 388 g/mol. The van der Waals surface area contributed by atoms with Gasteiger partial charge in [-0.3, -0.25) is 19.4 Å². The summed E-state index contributed by atoms with van der Waals surface area (Å²) in [5.74, 6) is -0.718. The predicted octanol–water partition coefficient (Wildman–Crippen LogP) is 4.07. The van der Waals surface area contributed by atoms with Gasteiger partial charge in [0.2, 0.25) is 11.8 Å². The highest BCUT2D eigenvalue weighted by Gasteiger charge is 2.27. The van der Waals surface area contributed by atoms with Crippen molar-refractivity contribution in [3.63, 3.8) is 0 Å². The van der Waals surface area contributed by atoms with Gasteiger partial charge < -0.3 is 16.0 Å². The van der Waals surface area contributed by atoms with E-state index in [1.54, 1.807) is 73.6 Å². The highest BCUT2D eigenvalue weighted by Crippen LogP contribution is 2.27. The summed E-state index contributed by atoms with van der Waals surface area (Å²) in [6.45, 7) is 17.5. The number of rotatable bonds is 5. The lowest BCUT2D eigenvalue weighted by Gasteiger charge is -2.22. The van der Waals surface area contributed by atoms with Crippen molar-refractivity contribution in [3.8, 4) is 0 Å². The molecule has 0 saturated heterocycles. The number of aliphatic imine (C=N–C) groups is 1. The van der Waals surface area contributed by atoms with Gasteiger partial charge in [0.15, 0.2) is 0 Å². The molecule has 0 radical (unpaired) electrons. The van der Waals surface area contributed by atoms with E-state index in [0.29, 0.717) is 17.1 Å². The van der Waals surface area contributed by atoms with E-state index >= 15 is 0 Å². The summed E-state index contributed by atoms with van der Waals surface area (Å²) in [5.41, 5.74) is -0.847. The van der Waals surface area contributed by atoms with Crippen LogP contribution < -0.4 is 16.0 Å². The topological polar surface area (TPSA) is 99.7 Å². The number of amides is 3. The summed E-state index contributed by atoms with van der Waals surface area (Å²) < 4.78 is 0. The molecule has 1 aromatic carbocycles. The van der Waals surface area contributed by atoms with Gasteiger partial charge in [-0.05, 0) is 38.8 Å². The van der Waals surface area contributed by atoms with Gasteiger partial charge in [0.05, 0.1) is 0 Å². The smallest absolute Gasteiger partial charge is 0.251 e. The van der Waals surface area contributed by atoms with E-state index in [-0.39, 0.29) is 17.7 Å². The Morgan fingerprint density at radius 1 is 0.679 bits per heavy atom. The summed E-state index contributed by atoms with van der Waals surface area (Å²) in [7, 11) is 0. The molecule has 0 atom stereocenters. The molecule has 3 N–H and O–H groups in total. The number of carbonyl (C=O) groups excluding carboxylic acids is 3. The minimum atomic E-state index is -1.01. The first kappa shape index (κ1) is 23.3. The van der Waals surface area contributed by atoms with Crippen molar-refractivity contribution in [3.05, 3.63) is 18.2 Å². The standard InChI is InChI=1S/C21H32N4O3/c1-19(2,3)16(26)23-13-10-14(24-17(27)20(4,5)6)12-15(11-13)25-18(28)21(7,8)22-9/h10-12H,9H2,1-8H3,(H,23,26)(H,24,27)(H,25,28). The quantitative estimate of drug-likeness (QED) is 0.663. The molecular weight excluding hydrogens is 356 g/mol. The Labute approximate surface area is 167 Å². The van der Waals surface area contributed by atoms with Crippen molar-refractivity contribution in [1.29, 1.82) is 0 Å². The zero-order valence-electron chi connectivity index (χ0n) is 18.1. The van der Waals surface area contributed by atoms with E-state index in [1.165, 1.54) is 0 Å². The largest absolute Gasteiger partial charge is 0.325 e. The van der Waals surface area contributed by atoms with Crippen LogP contribution in [-0.4, -0.2) is 30.0 Å². The molecule has 0 aliphatic rings. The van der Waals surface area contributed by atoms with Crippen molar-refractivity contribution in [2.24, 2.45) is 15.8 Å². The van der Waals surface area contributed by atoms with E-state index in [0.717, 1.165) is 0 Å². The van der Waals surface area contributed by atoms with Gasteiger partial charge in [-0.15, -0.1) is 0 Å². The van der Waals surface area contributed by atoms with Crippen LogP contribution >= 0.6 is 0 Å². The Morgan fingerprint density at radius 3 is 1.21 bits per heavy atom. The Hall–Kier alpha value is -2.70. The van der Waals surface area contributed by atoms with Crippen LogP contribution in [0.4, 0.5) is 17.1 Å². The van der Waals surface area contributed by atoms with Crippen molar-refractivity contribution < 1.29 is 14.4 Å². The average molecular weight is 389 g/mol. The first-order chi connectivity index (χ1) is 12.6. The Morgan fingerprint density at radius 2 is 0.964 bits per heavy atom. The zero-order chi connectivity index (χ0) is 21.9. The van der Waals surface area contributed by atoms with Crippen LogP contribution in [0.3, 0.4) is 0 Å². The van der Waals surface area contributed by atoms with Gasteiger partial charge in [0, 0.05) is 27.9 Å². The third kappa shape index (κ3) is 6.48. The summed E-state index contributed by atoms with van der Waals surface area (Å²) in [4.78, 5) is 41.0. The number of benzene rings is 1. The highest BCUT2D eigenvalue weighted by molar-refractivity contribution is 6.02. The molecule has 0 unspecified atom stereocenters. The number of anilines is 3. The second-order valence-corrected chi connectivity index (χ2v) is 9.38. The normalized spacial score (nSPS) is 12.1. The molecule has 0 aromatic heterocycles. The van der Waals surface area contributed by atoms with Crippen LogP contribution in [0.5, 0.6) is 0 Å². The second-order valence-electron chi connectivity index (χ2n) is 9.38. The van der Waals surface area contributed by atoms with Gasteiger partial charge in [-0.2, -0.15) is 0 Å². The Balaban J connectivity index is 3.27. The third-order valence-corrected chi connectivity index (χ3v) is 4.02. The lowest BCUT2D eigenvalue weighted by Crippen LogP contribution is -2.35. The van der Waals surface area contributed by atoms with Gasteiger partial charge in [-0.1, -0.05) is 41.5 Å². The summed E-state index contributed by atoms with van der Waals surface area (Å²) >= 11 is 0. The highest BCUT2D eigenvalue weighted by atomic mass is 16.2. The van der Waals surface area contributed by atoms with Crippen molar-refractivity contribution >= 4 is 41.5 Å².